The number of nitro benzene ring substituents is 2. The van der Waals surface area contributed by atoms with E-state index in [-0.39, 0.29) is 58.3 Å². The second-order valence-electron chi connectivity index (χ2n) is 11.6. The van der Waals surface area contributed by atoms with Gasteiger partial charge in [-0.3, -0.25) is 39.4 Å². The zero-order valence-corrected chi connectivity index (χ0v) is 23.8. The maximum Gasteiger partial charge on any atom is 0.301 e. The van der Waals surface area contributed by atoms with Crippen molar-refractivity contribution in [2.45, 2.75) is 25.7 Å². The third-order valence-corrected chi connectivity index (χ3v) is 8.92. The number of anilines is 2. The van der Waals surface area contributed by atoms with Gasteiger partial charge in [0.2, 0.25) is 11.8 Å². The third-order valence-electron chi connectivity index (χ3n) is 8.92. The number of amides is 2. The molecular weight excluding hydrogens is 572 g/mol. The summed E-state index contributed by atoms with van der Waals surface area (Å²) in [6, 6.07) is 8.26. The molecule has 4 atom stereocenters. The molecule has 0 spiro atoms. The molecule has 2 amide bonds. The molecule has 44 heavy (non-hydrogen) atoms. The number of rotatable bonds is 5. The van der Waals surface area contributed by atoms with E-state index in [0.717, 1.165) is 17.0 Å². The Labute approximate surface area is 250 Å². The van der Waals surface area contributed by atoms with Crippen LogP contribution in [0.4, 0.5) is 22.7 Å². The lowest BCUT2D eigenvalue weighted by Crippen LogP contribution is -2.39. The summed E-state index contributed by atoms with van der Waals surface area (Å²) in [6.45, 7) is 1.53. The highest BCUT2D eigenvalue weighted by Gasteiger charge is 2.57. The van der Waals surface area contributed by atoms with Crippen LogP contribution in [-0.2, 0) is 19.2 Å². The van der Waals surface area contributed by atoms with Gasteiger partial charge in [0.05, 0.1) is 27.4 Å². The number of carbonyl (C=O) groups is 4. The fraction of sp³-hybridized carbons (Fsp3) is 0.290. The molecule has 1 N–H and O–H groups in total. The average molecular weight is 599 g/mol. The van der Waals surface area contributed by atoms with Crippen molar-refractivity contribution >= 4 is 46.1 Å². The molecule has 1 fully saturated rings. The highest BCUT2D eigenvalue weighted by atomic mass is 16.6. The predicted octanol–water partition coefficient (Wildman–Crippen LogP) is 3.91. The lowest BCUT2D eigenvalue weighted by Gasteiger charge is -2.42. The van der Waals surface area contributed by atoms with Gasteiger partial charge in [-0.15, -0.1) is 0 Å². The number of phenols is 1. The van der Waals surface area contributed by atoms with E-state index in [1.165, 1.54) is 44.1 Å². The van der Waals surface area contributed by atoms with E-state index >= 15 is 0 Å². The number of nitrogens with zero attached hydrogens (tertiary/aromatic N) is 4. The van der Waals surface area contributed by atoms with Crippen molar-refractivity contribution in [3.8, 4) is 5.75 Å². The number of Topliss-reactive ketones (excluding diaryl/α,β-unsaturated/α-hetero) is 1. The Kier molecular flexibility index (Phi) is 6.56. The Morgan fingerprint density at radius 1 is 0.955 bits per heavy atom. The first-order valence-electron chi connectivity index (χ1n) is 13.8. The standard InChI is InChI=1S/C31H26N4O9/c1-14-9-24(37)27-21(29(14)38)13-20-18(25(27)15-5-4-6-17(36)10-15)7-8-19-26(20)31(40)33(30(19)39)16-11-22(34(41)42)28(32(2)3)23(12-16)35(43)44/h4-7,9-12,19-20,25-26,36H,8,13H2,1-3H3. The van der Waals surface area contributed by atoms with Crippen LogP contribution >= 0.6 is 0 Å². The summed E-state index contributed by atoms with van der Waals surface area (Å²) in [4.78, 5) is 79.0. The quantitative estimate of drug-likeness (QED) is 0.174. The highest BCUT2D eigenvalue weighted by molar-refractivity contribution is 6.25. The number of carbonyl (C=O) groups excluding carboxylic acids is 4. The van der Waals surface area contributed by atoms with E-state index < -0.39 is 56.7 Å². The molecule has 6 rings (SSSR count). The third kappa shape index (κ3) is 4.14. The number of nitro groups is 2. The molecule has 4 unspecified atom stereocenters. The van der Waals surface area contributed by atoms with E-state index in [1.54, 1.807) is 18.2 Å². The second-order valence-corrected chi connectivity index (χ2v) is 11.6. The number of allylic oxidation sites excluding steroid dienone is 6. The van der Waals surface area contributed by atoms with Crippen LogP contribution in [-0.4, -0.2) is 52.4 Å². The van der Waals surface area contributed by atoms with Crippen molar-refractivity contribution in [3.63, 3.8) is 0 Å². The maximum atomic E-state index is 14.2. The summed E-state index contributed by atoms with van der Waals surface area (Å²) < 4.78 is 0. The molecule has 13 nitrogen and oxygen atoms in total. The Hall–Kier alpha value is -5.46. The number of benzene rings is 2. The predicted molar refractivity (Wildman–Crippen MR) is 156 cm³/mol. The zero-order chi connectivity index (χ0) is 31.8. The number of fused-ring (bicyclic) bond motifs is 3. The van der Waals surface area contributed by atoms with Crippen LogP contribution in [0.1, 0.15) is 31.2 Å². The Bertz CT molecular complexity index is 1800. The van der Waals surface area contributed by atoms with E-state index in [1.807, 2.05) is 0 Å². The van der Waals surface area contributed by atoms with E-state index in [2.05, 4.69) is 0 Å². The van der Waals surface area contributed by atoms with Gasteiger partial charge in [-0.25, -0.2) is 4.90 Å². The van der Waals surface area contributed by atoms with Gasteiger partial charge < -0.3 is 10.0 Å². The van der Waals surface area contributed by atoms with Gasteiger partial charge >= 0.3 is 11.4 Å². The summed E-state index contributed by atoms with van der Waals surface area (Å²) in [5.74, 6) is -5.41. The molecule has 0 bridgehead atoms. The summed E-state index contributed by atoms with van der Waals surface area (Å²) in [6.07, 6.45) is 3.20. The molecular formula is C31H26N4O9. The van der Waals surface area contributed by atoms with Gasteiger partial charge in [0, 0.05) is 48.9 Å². The van der Waals surface area contributed by atoms with Crippen molar-refractivity contribution < 1.29 is 34.1 Å². The van der Waals surface area contributed by atoms with Gasteiger partial charge in [0.25, 0.3) is 0 Å². The first kappa shape index (κ1) is 28.6. The lowest BCUT2D eigenvalue weighted by molar-refractivity contribution is -0.392. The number of hydrogen-bond acceptors (Lipinski definition) is 10. The van der Waals surface area contributed by atoms with Crippen LogP contribution in [0.3, 0.4) is 0 Å². The lowest BCUT2D eigenvalue weighted by atomic mass is 9.59. The molecule has 224 valence electrons. The van der Waals surface area contributed by atoms with Crippen LogP contribution in [0.2, 0.25) is 0 Å². The fourth-order valence-electron chi connectivity index (χ4n) is 7.18. The van der Waals surface area contributed by atoms with Gasteiger partial charge in [-0.05, 0) is 49.5 Å². The van der Waals surface area contributed by atoms with Gasteiger partial charge in [0.15, 0.2) is 17.3 Å². The Morgan fingerprint density at radius 3 is 2.20 bits per heavy atom. The summed E-state index contributed by atoms with van der Waals surface area (Å²) in [5, 5.41) is 34.2. The van der Waals surface area contributed by atoms with E-state index in [9.17, 15) is 44.5 Å². The largest absolute Gasteiger partial charge is 0.508 e. The number of aromatic hydroxyl groups is 1. The minimum atomic E-state index is -0.989. The zero-order valence-electron chi connectivity index (χ0n) is 23.8. The second kappa shape index (κ2) is 10.1. The number of imide groups is 1. The van der Waals surface area contributed by atoms with Gasteiger partial charge in [0.1, 0.15) is 5.75 Å². The van der Waals surface area contributed by atoms with Gasteiger partial charge in [-0.1, -0.05) is 23.8 Å². The highest BCUT2D eigenvalue weighted by Crippen LogP contribution is 2.56. The van der Waals surface area contributed by atoms with Crippen molar-refractivity contribution in [3.05, 3.63) is 96.6 Å². The first-order valence-corrected chi connectivity index (χ1v) is 13.8. The van der Waals surface area contributed by atoms with Crippen LogP contribution < -0.4 is 9.80 Å². The minimum Gasteiger partial charge on any atom is -0.508 e. The van der Waals surface area contributed by atoms with Crippen molar-refractivity contribution in [2.24, 2.45) is 17.8 Å². The molecule has 3 aliphatic carbocycles. The molecule has 0 radical (unpaired) electrons. The smallest absolute Gasteiger partial charge is 0.301 e. The fourth-order valence-corrected chi connectivity index (χ4v) is 7.18. The topological polar surface area (TPSA) is 181 Å². The summed E-state index contributed by atoms with van der Waals surface area (Å²) >= 11 is 0. The van der Waals surface area contributed by atoms with Crippen molar-refractivity contribution in [2.75, 3.05) is 23.9 Å². The molecule has 2 aromatic carbocycles. The normalized spacial score (nSPS) is 24.4. The Morgan fingerprint density at radius 2 is 1.61 bits per heavy atom. The summed E-state index contributed by atoms with van der Waals surface area (Å²) in [7, 11) is 2.82. The summed E-state index contributed by atoms with van der Waals surface area (Å²) in [5.41, 5.74) is 0.110. The molecule has 2 aromatic rings. The van der Waals surface area contributed by atoms with Crippen molar-refractivity contribution in [1.29, 1.82) is 0 Å². The van der Waals surface area contributed by atoms with Crippen LogP contribution in [0.25, 0.3) is 0 Å². The molecule has 0 saturated carbocycles. The van der Waals surface area contributed by atoms with Crippen LogP contribution in [0, 0.1) is 38.0 Å². The van der Waals surface area contributed by atoms with Crippen LogP contribution in [0.15, 0.2) is 70.8 Å². The number of phenolic OH excluding ortho intramolecular Hbond substituents is 1. The number of hydrogen-bond donors (Lipinski definition) is 1. The van der Waals surface area contributed by atoms with Crippen molar-refractivity contribution in [1.82, 2.24) is 0 Å². The molecule has 4 aliphatic rings. The molecule has 1 saturated heterocycles. The molecule has 1 heterocycles. The SMILES string of the molecule is CC1=CC(=O)C2=C(CC3C(=CCC4C(=O)N(c5cc([N+](=O)[O-])c(N(C)C)c([N+](=O)[O-])c5)C(=O)C43)C2c2cccc(O)c2)C1=O. The monoisotopic (exact) mass is 598 g/mol. The van der Waals surface area contributed by atoms with E-state index in [0.29, 0.717) is 11.1 Å². The molecule has 0 aromatic heterocycles. The van der Waals surface area contributed by atoms with Crippen LogP contribution in [0.5, 0.6) is 5.75 Å². The van der Waals surface area contributed by atoms with Gasteiger partial charge in [-0.2, -0.15) is 0 Å². The maximum absolute atomic E-state index is 14.2. The van der Waals surface area contributed by atoms with E-state index in [4.69, 9.17) is 0 Å². The minimum absolute atomic E-state index is 0.0140. The first-order chi connectivity index (χ1) is 20.8. The average Bonchev–Trinajstić information content (AvgIpc) is 3.23. The molecule has 13 heteroatoms. The molecule has 1 aliphatic heterocycles. The Balaban J connectivity index is 1.48. The number of ketones is 2.